The summed E-state index contributed by atoms with van der Waals surface area (Å²) in [6.07, 6.45) is 2.90. The van der Waals surface area contributed by atoms with Gasteiger partial charge in [-0.3, -0.25) is 4.79 Å². The maximum atomic E-state index is 14.8. The lowest BCUT2D eigenvalue weighted by Gasteiger charge is -2.32. The molecule has 1 aromatic rings. The largest absolute Gasteiger partial charge is 0.525 e. The molecule has 2 fully saturated rings. The van der Waals surface area contributed by atoms with Gasteiger partial charge in [-0.2, -0.15) is 0 Å². The molecule has 1 amide bonds. The van der Waals surface area contributed by atoms with Crippen LogP contribution in [0, 0.1) is 11.8 Å². The lowest BCUT2D eigenvalue weighted by Crippen LogP contribution is -2.41. The number of hydrogen-bond donors (Lipinski definition) is 0. The van der Waals surface area contributed by atoms with Gasteiger partial charge in [0.05, 0.1) is 17.7 Å². The Morgan fingerprint density at radius 1 is 1.26 bits per heavy atom. The van der Waals surface area contributed by atoms with E-state index in [-0.39, 0.29) is 5.91 Å². The van der Waals surface area contributed by atoms with Crippen molar-refractivity contribution >= 4 is 19.1 Å². The molecule has 0 unspecified atom stereocenters. The molecule has 27 heavy (non-hydrogen) atoms. The normalized spacial score (nSPS) is 21.4. The maximum Gasteiger partial charge on any atom is 0.525 e. The van der Waals surface area contributed by atoms with Crippen LogP contribution in [-0.2, 0) is 14.1 Å². The number of amides is 1. The summed E-state index contributed by atoms with van der Waals surface area (Å²) in [5, 5.41) is 0. The first-order valence-electron chi connectivity index (χ1n) is 9.28. The minimum absolute atomic E-state index is 0.143. The van der Waals surface area contributed by atoms with E-state index in [1.54, 1.807) is 11.0 Å². The van der Waals surface area contributed by atoms with E-state index in [0.29, 0.717) is 24.1 Å². The highest BCUT2D eigenvalue weighted by atomic mass is 19.1. The van der Waals surface area contributed by atoms with Crippen LogP contribution in [0.1, 0.15) is 51.7 Å². The highest BCUT2D eigenvalue weighted by molar-refractivity contribution is 6.54. The van der Waals surface area contributed by atoms with Crippen molar-refractivity contribution in [3.05, 3.63) is 41.1 Å². The summed E-state index contributed by atoms with van der Waals surface area (Å²) >= 11 is 0. The van der Waals surface area contributed by atoms with E-state index in [9.17, 15) is 9.18 Å². The first-order valence-corrected chi connectivity index (χ1v) is 9.28. The Kier molecular flexibility index (Phi) is 5.46. The summed E-state index contributed by atoms with van der Waals surface area (Å²) in [5.41, 5.74) is -0.312. The van der Waals surface area contributed by atoms with E-state index < -0.39 is 24.0 Å². The molecule has 3 rings (SSSR count). The zero-order valence-corrected chi connectivity index (χ0v) is 16.3. The number of benzene rings is 1. The van der Waals surface area contributed by atoms with Crippen LogP contribution in [0.5, 0.6) is 0 Å². The van der Waals surface area contributed by atoms with Crippen molar-refractivity contribution in [1.29, 1.82) is 0 Å². The molecule has 142 valence electrons. The Bertz CT molecular complexity index is 806. The summed E-state index contributed by atoms with van der Waals surface area (Å²) < 4.78 is 26.3. The van der Waals surface area contributed by atoms with Gasteiger partial charge in [0, 0.05) is 18.5 Å². The van der Waals surface area contributed by atoms with Gasteiger partial charge < -0.3 is 14.2 Å². The molecule has 1 aromatic carbocycles. The summed E-state index contributed by atoms with van der Waals surface area (Å²) in [5.74, 6) is 6.22. The number of likely N-dealkylation sites (tertiary alicyclic amines) is 1. The van der Waals surface area contributed by atoms with Crippen molar-refractivity contribution in [3.8, 4) is 11.8 Å². The van der Waals surface area contributed by atoms with Gasteiger partial charge in [0.2, 0.25) is 5.91 Å². The van der Waals surface area contributed by atoms with Gasteiger partial charge in [0.25, 0.3) is 0 Å². The van der Waals surface area contributed by atoms with Crippen LogP contribution in [0.25, 0.3) is 6.08 Å². The molecule has 2 aliphatic heterocycles. The second-order valence-electron chi connectivity index (χ2n) is 7.93. The fraction of sp³-hybridized carbons (Fsp3) is 0.476. The number of carbonyl (C=O) groups is 1. The molecule has 2 saturated heterocycles. The molecule has 0 bridgehead atoms. The van der Waals surface area contributed by atoms with Crippen molar-refractivity contribution in [1.82, 2.24) is 4.90 Å². The molecular weight excluding hydrogens is 344 g/mol. The Morgan fingerprint density at radius 3 is 2.56 bits per heavy atom. The standard InChI is InChI=1S/C21H25BFNO3/c1-20(2)21(3,4)27-22(26-20)18(23)15-17-10-6-5-9-16(17)11-7-13-24-14-8-12-19(24)25/h5-6,9-10,15H,8,12-14H2,1-4H3. The third-order valence-electron chi connectivity index (χ3n) is 5.40. The van der Waals surface area contributed by atoms with Gasteiger partial charge in [0.1, 0.15) is 5.73 Å². The number of nitrogens with zero attached hydrogens (tertiary/aromatic N) is 1. The van der Waals surface area contributed by atoms with Crippen LogP contribution in [0.3, 0.4) is 0 Å². The van der Waals surface area contributed by atoms with Gasteiger partial charge in [-0.25, -0.2) is 4.39 Å². The number of rotatable bonds is 3. The lowest BCUT2D eigenvalue weighted by atomic mass is 9.86. The molecule has 2 heterocycles. The summed E-state index contributed by atoms with van der Waals surface area (Å²) in [6, 6.07) is 7.32. The molecule has 0 spiro atoms. The second-order valence-corrected chi connectivity index (χ2v) is 7.93. The smallest absolute Gasteiger partial charge is 0.398 e. The van der Waals surface area contributed by atoms with Crippen molar-refractivity contribution in [2.75, 3.05) is 13.1 Å². The average molecular weight is 369 g/mol. The topological polar surface area (TPSA) is 38.8 Å². The van der Waals surface area contributed by atoms with Crippen LogP contribution >= 0.6 is 0 Å². The van der Waals surface area contributed by atoms with Gasteiger partial charge in [-0.05, 0) is 51.8 Å². The Hall–Kier alpha value is -2.10. The van der Waals surface area contributed by atoms with E-state index in [2.05, 4.69) is 11.8 Å². The van der Waals surface area contributed by atoms with E-state index in [1.165, 1.54) is 6.08 Å². The Morgan fingerprint density at radius 2 is 1.93 bits per heavy atom. The minimum Gasteiger partial charge on any atom is -0.398 e. The summed E-state index contributed by atoms with van der Waals surface area (Å²) in [4.78, 5) is 13.4. The van der Waals surface area contributed by atoms with Crippen LogP contribution in [0.4, 0.5) is 4.39 Å². The van der Waals surface area contributed by atoms with Gasteiger partial charge >= 0.3 is 7.12 Å². The second kappa shape index (κ2) is 7.50. The van der Waals surface area contributed by atoms with E-state index in [4.69, 9.17) is 9.31 Å². The highest BCUT2D eigenvalue weighted by Crippen LogP contribution is 2.39. The molecule has 0 atom stereocenters. The van der Waals surface area contributed by atoms with Crippen LogP contribution in [0.2, 0.25) is 0 Å². The molecular formula is C21H25BFNO3. The molecule has 2 aliphatic rings. The summed E-state index contributed by atoms with van der Waals surface area (Å²) in [6.45, 7) is 8.71. The molecule has 0 saturated carbocycles. The maximum absolute atomic E-state index is 14.8. The molecule has 0 radical (unpaired) electrons. The fourth-order valence-electron chi connectivity index (χ4n) is 3.01. The third kappa shape index (κ3) is 4.26. The van der Waals surface area contributed by atoms with E-state index >= 15 is 0 Å². The zero-order valence-electron chi connectivity index (χ0n) is 16.3. The van der Waals surface area contributed by atoms with Gasteiger partial charge in [-0.15, -0.1) is 0 Å². The van der Waals surface area contributed by atoms with Crippen molar-refractivity contribution < 1.29 is 18.5 Å². The van der Waals surface area contributed by atoms with Crippen molar-refractivity contribution in [3.63, 3.8) is 0 Å². The number of hydrogen-bond acceptors (Lipinski definition) is 3. The summed E-state index contributed by atoms with van der Waals surface area (Å²) in [7, 11) is -1.03. The molecule has 4 nitrogen and oxygen atoms in total. The SMILES string of the molecule is CC1(C)OB(C(F)=Cc2ccccc2C#CCN2CCCC2=O)OC1(C)C. The first kappa shape index (κ1) is 19.7. The van der Waals surface area contributed by atoms with Crippen LogP contribution in [0.15, 0.2) is 30.0 Å². The average Bonchev–Trinajstić information content (AvgIpc) is 3.09. The van der Waals surface area contributed by atoms with E-state index in [0.717, 1.165) is 13.0 Å². The predicted molar refractivity (Wildman–Crippen MR) is 104 cm³/mol. The van der Waals surface area contributed by atoms with Crippen molar-refractivity contribution in [2.45, 2.75) is 51.7 Å². The molecule has 6 heteroatoms. The van der Waals surface area contributed by atoms with E-state index in [1.807, 2.05) is 45.9 Å². The molecule has 0 aliphatic carbocycles. The van der Waals surface area contributed by atoms with Crippen LogP contribution in [-0.4, -0.2) is 42.2 Å². The monoisotopic (exact) mass is 369 g/mol. The Balaban J connectivity index is 1.76. The first-order chi connectivity index (χ1) is 12.7. The highest BCUT2D eigenvalue weighted by Gasteiger charge is 2.53. The third-order valence-corrected chi connectivity index (χ3v) is 5.40. The molecule has 0 N–H and O–H groups in total. The van der Waals surface area contributed by atoms with Crippen LogP contribution < -0.4 is 0 Å². The lowest BCUT2D eigenvalue weighted by molar-refractivity contribution is -0.127. The quantitative estimate of drug-likeness (QED) is 0.604. The number of halogens is 1. The van der Waals surface area contributed by atoms with Gasteiger partial charge in [0.15, 0.2) is 0 Å². The molecule has 0 aromatic heterocycles. The van der Waals surface area contributed by atoms with Gasteiger partial charge in [-0.1, -0.05) is 30.0 Å². The number of carbonyl (C=O) groups excluding carboxylic acids is 1. The minimum atomic E-state index is -1.03. The van der Waals surface area contributed by atoms with Crippen molar-refractivity contribution in [2.24, 2.45) is 0 Å². The zero-order chi connectivity index (χ0) is 19.7. The fourth-order valence-corrected chi connectivity index (χ4v) is 3.01. The predicted octanol–water partition coefficient (Wildman–Crippen LogP) is 3.60. The Labute approximate surface area is 160 Å².